The lowest BCUT2D eigenvalue weighted by Gasteiger charge is -2.42. The minimum Gasteiger partial charge on any atom is -0.508 e. The van der Waals surface area contributed by atoms with Crippen LogP contribution in [-0.2, 0) is 120 Å². The summed E-state index contributed by atoms with van der Waals surface area (Å²) in [4.78, 5) is 312. The number of carbonyl (C=O) groups excluding carboxylic acids is 19. The van der Waals surface area contributed by atoms with Crippen molar-refractivity contribution in [3.05, 3.63) is 95.6 Å². The Bertz CT molecular complexity index is 5020. The van der Waals surface area contributed by atoms with E-state index in [0.717, 1.165) is 45.1 Å². The predicted molar refractivity (Wildman–Crippen MR) is 517 cm³/mol. The highest BCUT2D eigenvalue weighted by atomic mass is 32.2. The number of phenols is 2. The van der Waals surface area contributed by atoms with Crippen LogP contribution in [0.25, 0.3) is 0 Å². The normalized spacial score (nSPS) is 26.4. The maximum Gasteiger partial charge on any atom is 0.305 e. The summed E-state index contributed by atoms with van der Waals surface area (Å²) in [5, 5.41) is 72.7. The molecule has 3 aromatic rings. The van der Waals surface area contributed by atoms with Gasteiger partial charge >= 0.3 is 11.9 Å². The fourth-order valence-corrected chi connectivity index (χ4v) is 20.3. The van der Waals surface area contributed by atoms with Gasteiger partial charge in [0.05, 0.1) is 32.3 Å². The Hall–Kier alpha value is -12.6. The maximum absolute atomic E-state index is 15.6. The van der Waals surface area contributed by atoms with Gasteiger partial charge in [0, 0.05) is 113 Å². The van der Waals surface area contributed by atoms with Crippen LogP contribution in [0.15, 0.2) is 78.9 Å². The topological polar surface area (TPSA) is 603 Å². The molecule has 0 saturated carbocycles. The third-order valence-electron chi connectivity index (χ3n) is 24.9. The third-order valence-corrected chi connectivity index (χ3v) is 28.1. The van der Waals surface area contributed by atoms with Crippen molar-refractivity contribution in [2.75, 3.05) is 81.2 Å². The largest absolute Gasteiger partial charge is 0.508 e. The molecule has 1 unspecified atom stereocenters. The highest BCUT2D eigenvalue weighted by Crippen LogP contribution is 2.30. The Balaban J connectivity index is 1.11. The highest BCUT2D eigenvalue weighted by molar-refractivity contribution is 7.99. The minimum absolute atomic E-state index is 0.00245. The van der Waals surface area contributed by atoms with Gasteiger partial charge in [-0.05, 0) is 125 Å². The van der Waals surface area contributed by atoms with Crippen molar-refractivity contribution in [1.82, 2.24) is 93.2 Å². The van der Waals surface area contributed by atoms with Crippen LogP contribution in [0.1, 0.15) is 174 Å². The number of aliphatic carboxylic acids is 2. The number of phenolic OH excluding ortho intramolecular Hbond substituents is 2. The summed E-state index contributed by atoms with van der Waals surface area (Å²) < 4.78 is 0. The summed E-state index contributed by atoms with van der Waals surface area (Å²) in [7, 11) is 1.33. The second kappa shape index (κ2) is 53.8. The van der Waals surface area contributed by atoms with Gasteiger partial charge in [-0.2, -0.15) is 35.3 Å². The molecule has 9 rings (SSSR count). The molecule has 0 radical (unpaired) electrons. The number of hydrogen-bond donors (Lipinski definition) is 16. The van der Waals surface area contributed by atoms with Crippen molar-refractivity contribution in [3.63, 3.8) is 0 Å². The number of nitrogens with zero attached hydrogens (tertiary/aromatic N) is 6. The van der Waals surface area contributed by atoms with Crippen molar-refractivity contribution < 1.29 is 121 Å². The van der Waals surface area contributed by atoms with Crippen molar-refractivity contribution >= 4 is 159 Å². The van der Waals surface area contributed by atoms with Crippen LogP contribution in [0.3, 0.4) is 0 Å². The number of carboxylic acid groups (broad SMARTS) is 2. The first-order valence-corrected chi connectivity index (χ1v) is 51.0. The van der Waals surface area contributed by atoms with Crippen LogP contribution in [0, 0.1) is 11.3 Å². The number of carboxylic acids is 2. The molecule has 0 aliphatic carbocycles. The number of aromatic hydroxyl groups is 2. The molecule has 18 amide bonds. The van der Waals surface area contributed by atoms with Gasteiger partial charge in [-0.1, -0.05) is 95.1 Å². The summed E-state index contributed by atoms with van der Waals surface area (Å²) >= 11 is 3.12. The molecule has 0 spiro atoms. The molecule has 15 atom stereocenters. The standard InChI is InChI=1S/C95H132N18O25S3/c1-9-10-19-63-84(128)106-70(82(126)96-8)49-140-40-34-76(118)109-51-108-52-110(53-109)77(119)35-41-141-50-71(88(132)101-65(43-57-17-12-11-13-18-57)85(129)97-55(3)80(124)104-68(46-79(122)123)93(137)112-37-15-22-74(112)91(135)102-66(86(130)99-63)44-58-23-27-61(115)28-24-58)107-87(131)67(45-59-25-29-62(116)30-26-59)103-90(134)72-20-14-36-111(72)92(136)56(4)98-83(127)64(31-32-78(120)121)100-89(133)73-21-16-38-113(73)94(138)69(47-95(5,6)7)105-81(125)60(42-54(2)114)48-139-39-33-75(108)117/h11-13,17-18,23-30,55-56,60,63-74,115-116H,9-10,14-16,19-22,31-53H2,1-8H3,(H,96,126)(H,97,129)(H,98,127)(H,99,130)(H,100,133)(H,101,132)(H,102,135)(H,103,134)(H,104,124)(H,105,125)(H,106,128)(H,107,131)(H,120,121)(H,122,123)/t55-,56+,60-,63-,64-,65-,66-,67-,68-,69?,70-,71-,72-,73+,74-/m0/s1. The number of Topliss-reactive ketones (excluding diaryl/α,β-unsaturated/α-hetero) is 1. The van der Waals surface area contributed by atoms with E-state index < -0.39 is 258 Å². The molecule has 141 heavy (non-hydrogen) atoms. The number of amides is 18. The number of hydrogen-bond acceptors (Lipinski definition) is 26. The van der Waals surface area contributed by atoms with Crippen LogP contribution < -0.4 is 63.8 Å². The fraction of sp³-hybridized carbons (Fsp3) is 0.589. The molecule has 46 heteroatoms. The first-order chi connectivity index (χ1) is 67.0. The van der Waals surface area contributed by atoms with Gasteiger partial charge in [-0.3, -0.25) is 95.9 Å². The summed E-state index contributed by atoms with van der Waals surface area (Å²) in [5.74, 6) is -21.1. The first kappa shape index (κ1) is 112. The van der Waals surface area contributed by atoms with E-state index in [0.29, 0.717) is 29.5 Å². The number of nitrogens with one attached hydrogen (secondary N) is 12. The van der Waals surface area contributed by atoms with E-state index in [-0.39, 0.29) is 163 Å². The number of rotatable bonds is 18. The Morgan fingerprint density at radius 2 is 0.816 bits per heavy atom. The Labute approximate surface area is 830 Å². The summed E-state index contributed by atoms with van der Waals surface area (Å²) in [6, 6.07) is -2.06. The second-order valence-electron chi connectivity index (χ2n) is 37.4. The van der Waals surface area contributed by atoms with Gasteiger partial charge in [0.1, 0.15) is 102 Å². The Kier molecular flexibility index (Phi) is 42.8. The quantitative estimate of drug-likeness (QED) is 0.0767. The van der Waals surface area contributed by atoms with Gasteiger partial charge in [-0.25, -0.2) is 0 Å². The predicted octanol–water partition coefficient (Wildman–Crippen LogP) is -0.453. The third kappa shape index (κ3) is 34.1. The molecule has 4 bridgehead atoms. The molecule has 6 fully saturated rings. The molecule has 770 valence electrons. The number of ketones is 1. The first-order valence-electron chi connectivity index (χ1n) is 47.5. The number of carbonyl (C=O) groups is 21. The molecule has 3 aromatic carbocycles. The zero-order valence-corrected chi connectivity index (χ0v) is 83.0. The summed E-state index contributed by atoms with van der Waals surface area (Å²) in [5.41, 5.74) is 0.511. The SMILES string of the molecule is CCCC[C@@H]1NC(=O)[C@H](Cc2ccc(O)cc2)NC(=O)[C@@H]2CCCN2C(=O)[C@H](CC(=O)O)NC(=O)[C@H](C)NC(=O)[C@H](Cc2ccccc2)NC(=O)[C@@H]2CSCCC(=O)N3CN(CN(C3)C(=O)CCSC[C@@H](C(=O)NC)NC1=O)C(=O)CCSC[C@H](CC(C)=O)C(=O)NC(CC(C)(C)C)C(=O)N1CCC[C@@H]1C(=O)N[C@@H](CCC(=O)O)C(=O)N[C@H](C)C(=O)N1CCC[C@H]1C(=O)N[C@@H](Cc1ccc(O)cc1)C(=O)N2. The van der Waals surface area contributed by atoms with E-state index in [1.807, 2.05) is 27.7 Å². The number of likely N-dealkylation sites (N-methyl/N-ethyl adjacent to an activating group) is 1. The summed E-state index contributed by atoms with van der Waals surface area (Å²) in [6.07, 6.45) is -2.88. The van der Waals surface area contributed by atoms with E-state index in [4.69, 9.17) is 0 Å². The van der Waals surface area contributed by atoms with Crippen LogP contribution in [-0.4, -0.2) is 340 Å². The lowest BCUT2D eigenvalue weighted by molar-refractivity contribution is -0.158. The van der Waals surface area contributed by atoms with E-state index >= 15 is 19.2 Å². The van der Waals surface area contributed by atoms with Crippen molar-refractivity contribution in [3.8, 4) is 11.5 Å². The van der Waals surface area contributed by atoms with E-state index in [1.165, 1.54) is 95.9 Å². The molecule has 0 aromatic heterocycles. The number of unbranched alkanes of at least 4 members (excludes halogenated alkanes) is 1. The fourth-order valence-electron chi connectivity index (χ4n) is 17.3. The van der Waals surface area contributed by atoms with Crippen molar-refractivity contribution in [2.24, 2.45) is 11.3 Å². The van der Waals surface area contributed by atoms with Gasteiger partial charge < -0.3 is 118 Å². The molecule has 43 nitrogen and oxygen atoms in total. The Morgan fingerprint density at radius 3 is 1.28 bits per heavy atom. The van der Waals surface area contributed by atoms with Crippen molar-refractivity contribution in [1.29, 1.82) is 0 Å². The molecule has 6 aliphatic heterocycles. The van der Waals surface area contributed by atoms with Crippen molar-refractivity contribution in [2.45, 2.75) is 261 Å². The van der Waals surface area contributed by atoms with Crippen LogP contribution in [0.2, 0.25) is 0 Å². The molecule has 6 aliphatic rings. The average molecular weight is 2020 g/mol. The van der Waals surface area contributed by atoms with E-state index in [1.54, 1.807) is 30.3 Å². The smallest absolute Gasteiger partial charge is 0.305 e. The van der Waals surface area contributed by atoms with E-state index in [9.17, 15) is 102 Å². The van der Waals surface area contributed by atoms with Crippen LogP contribution in [0.4, 0.5) is 0 Å². The summed E-state index contributed by atoms with van der Waals surface area (Å²) in [6.45, 7) is 9.66. The van der Waals surface area contributed by atoms with Gasteiger partial charge in [0.25, 0.3) is 0 Å². The second-order valence-corrected chi connectivity index (χ2v) is 40.8. The average Bonchev–Trinajstić information content (AvgIpc) is 1.68. The van der Waals surface area contributed by atoms with Gasteiger partial charge in [0.15, 0.2) is 0 Å². The van der Waals surface area contributed by atoms with Gasteiger partial charge in [0.2, 0.25) is 106 Å². The lowest BCUT2D eigenvalue weighted by Crippen LogP contribution is -2.61. The monoisotopic (exact) mass is 2020 g/mol. The van der Waals surface area contributed by atoms with Crippen LogP contribution >= 0.6 is 35.3 Å². The molecule has 6 heterocycles. The van der Waals surface area contributed by atoms with Crippen LogP contribution in [0.5, 0.6) is 11.5 Å². The number of thioether (sulfide) groups is 3. The minimum atomic E-state index is -1.92. The molecular formula is C95H132N18O25S3. The maximum atomic E-state index is 15.6. The zero-order chi connectivity index (χ0) is 103. The molecular weight excluding hydrogens is 1890 g/mol. The number of fused-ring (bicyclic) bond motifs is 10. The molecule has 16 N–H and O–H groups in total. The zero-order valence-electron chi connectivity index (χ0n) is 80.6. The molecule has 6 saturated heterocycles. The number of benzene rings is 3. The highest BCUT2D eigenvalue weighted by Gasteiger charge is 2.46. The van der Waals surface area contributed by atoms with E-state index in [2.05, 4.69) is 63.8 Å². The lowest BCUT2D eigenvalue weighted by atomic mass is 9.87. The van der Waals surface area contributed by atoms with Gasteiger partial charge in [-0.15, -0.1) is 0 Å². The Morgan fingerprint density at radius 1 is 0.418 bits per heavy atom.